The van der Waals surface area contributed by atoms with Crippen molar-refractivity contribution in [3.05, 3.63) is 29.6 Å². The van der Waals surface area contributed by atoms with Crippen LogP contribution in [0.4, 0.5) is 0 Å². The molecule has 0 aliphatic carbocycles. The Morgan fingerprint density at radius 3 is 2.64 bits per heavy atom. The minimum atomic E-state index is 0.212. The normalized spacial score (nSPS) is 11.7. The van der Waals surface area contributed by atoms with E-state index < -0.39 is 0 Å². The zero-order valence-corrected chi connectivity index (χ0v) is 9.59. The van der Waals surface area contributed by atoms with Gasteiger partial charge in [0.1, 0.15) is 0 Å². The average Bonchev–Trinajstić information content (AvgIpc) is 2.15. The Hall–Kier alpha value is -0.890. The first kappa shape index (κ1) is 11.2. The molecule has 0 atom stereocenters. The van der Waals surface area contributed by atoms with Gasteiger partial charge in [0.25, 0.3) is 0 Å². The number of nitrogens with one attached hydrogen (secondary N) is 1. The van der Waals surface area contributed by atoms with E-state index >= 15 is 0 Å². The van der Waals surface area contributed by atoms with E-state index in [-0.39, 0.29) is 5.54 Å². The van der Waals surface area contributed by atoms with Crippen molar-refractivity contribution >= 4 is 0 Å². The summed E-state index contributed by atoms with van der Waals surface area (Å²) in [7, 11) is 0. The van der Waals surface area contributed by atoms with Gasteiger partial charge in [0, 0.05) is 24.5 Å². The SMILES string of the molecule is CCC(C)(C)NCc1cncc(C)c1. The van der Waals surface area contributed by atoms with E-state index in [9.17, 15) is 0 Å². The highest BCUT2D eigenvalue weighted by Gasteiger charge is 2.13. The maximum Gasteiger partial charge on any atom is 0.0313 e. The Morgan fingerprint density at radius 2 is 2.07 bits per heavy atom. The Kier molecular flexibility index (Phi) is 3.64. The van der Waals surface area contributed by atoms with Crippen molar-refractivity contribution in [2.24, 2.45) is 0 Å². The van der Waals surface area contributed by atoms with Crippen LogP contribution in [0.25, 0.3) is 0 Å². The summed E-state index contributed by atoms with van der Waals surface area (Å²) in [4.78, 5) is 4.17. The molecule has 0 saturated heterocycles. The number of pyridine rings is 1. The zero-order chi connectivity index (χ0) is 10.6. The summed E-state index contributed by atoms with van der Waals surface area (Å²) in [5.74, 6) is 0. The Morgan fingerprint density at radius 1 is 1.36 bits per heavy atom. The van der Waals surface area contributed by atoms with Gasteiger partial charge in [-0.1, -0.05) is 13.0 Å². The number of rotatable bonds is 4. The smallest absolute Gasteiger partial charge is 0.0313 e. The molecule has 1 aromatic rings. The van der Waals surface area contributed by atoms with Gasteiger partial charge >= 0.3 is 0 Å². The predicted octanol–water partition coefficient (Wildman–Crippen LogP) is 2.67. The molecule has 1 aromatic heterocycles. The van der Waals surface area contributed by atoms with Gasteiger partial charge in [-0.3, -0.25) is 4.98 Å². The first-order valence-electron chi connectivity index (χ1n) is 5.19. The van der Waals surface area contributed by atoms with Crippen LogP contribution in [-0.4, -0.2) is 10.5 Å². The van der Waals surface area contributed by atoms with Crippen LogP contribution in [0.3, 0.4) is 0 Å². The summed E-state index contributed by atoms with van der Waals surface area (Å²) in [5, 5.41) is 3.51. The Labute approximate surface area is 86.8 Å². The van der Waals surface area contributed by atoms with Crippen molar-refractivity contribution in [2.45, 2.75) is 46.2 Å². The maximum atomic E-state index is 4.17. The van der Waals surface area contributed by atoms with Crippen molar-refractivity contribution < 1.29 is 0 Å². The summed E-state index contributed by atoms with van der Waals surface area (Å²) in [5.41, 5.74) is 2.69. The highest BCUT2D eigenvalue weighted by molar-refractivity contribution is 5.16. The molecular formula is C12H20N2. The van der Waals surface area contributed by atoms with E-state index in [4.69, 9.17) is 0 Å². The first-order valence-corrected chi connectivity index (χ1v) is 5.19. The maximum absolute atomic E-state index is 4.17. The third-order valence-electron chi connectivity index (χ3n) is 2.59. The van der Waals surface area contributed by atoms with Gasteiger partial charge in [-0.15, -0.1) is 0 Å². The van der Waals surface area contributed by atoms with E-state index in [1.165, 1.54) is 11.1 Å². The van der Waals surface area contributed by atoms with Gasteiger partial charge < -0.3 is 5.32 Å². The van der Waals surface area contributed by atoms with Gasteiger partial charge in [0.2, 0.25) is 0 Å². The molecule has 0 saturated carbocycles. The van der Waals surface area contributed by atoms with Crippen LogP contribution in [0.5, 0.6) is 0 Å². The van der Waals surface area contributed by atoms with Crippen molar-refractivity contribution in [3.63, 3.8) is 0 Å². The first-order chi connectivity index (χ1) is 6.53. The summed E-state index contributed by atoms with van der Waals surface area (Å²) in [6.45, 7) is 9.60. The van der Waals surface area contributed by atoms with E-state index in [1.54, 1.807) is 0 Å². The molecule has 0 aliphatic heterocycles. The Balaban J connectivity index is 2.54. The van der Waals surface area contributed by atoms with Crippen molar-refractivity contribution in [3.8, 4) is 0 Å². The Bertz CT molecular complexity index is 292. The minimum Gasteiger partial charge on any atom is -0.308 e. The van der Waals surface area contributed by atoms with Crippen molar-refractivity contribution in [1.29, 1.82) is 0 Å². The molecule has 2 nitrogen and oxygen atoms in total. The van der Waals surface area contributed by atoms with Crippen LogP contribution in [0.2, 0.25) is 0 Å². The molecule has 0 radical (unpaired) electrons. The molecular weight excluding hydrogens is 172 g/mol. The second kappa shape index (κ2) is 4.56. The van der Waals surface area contributed by atoms with Gasteiger partial charge in [-0.25, -0.2) is 0 Å². The fourth-order valence-electron chi connectivity index (χ4n) is 1.18. The predicted molar refractivity (Wildman–Crippen MR) is 60.2 cm³/mol. The lowest BCUT2D eigenvalue weighted by atomic mass is 10.0. The fourth-order valence-corrected chi connectivity index (χ4v) is 1.18. The zero-order valence-electron chi connectivity index (χ0n) is 9.59. The monoisotopic (exact) mass is 192 g/mol. The topological polar surface area (TPSA) is 24.9 Å². The lowest BCUT2D eigenvalue weighted by Gasteiger charge is -2.24. The standard InChI is InChI=1S/C12H20N2/c1-5-12(3,4)14-9-11-6-10(2)7-13-8-11/h6-8,14H,5,9H2,1-4H3. The molecule has 0 aliphatic rings. The second-order valence-electron chi connectivity index (χ2n) is 4.46. The lowest BCUT2D eigenvalue weighted by Crippen LogP contribution is -2.37. The number of hydrogen-bond donors (Lipinski definition) is 1. The number of aryl methyl sites for hydroxylation is 1. The van der Waals surface area contributed by atoms with Gasteiger partial charge in [-0.05, 0) is 38.3 Å². The highest BCUT2D eigenvalue weighted by Crippen LogP contribution is 2.09. The third kappa shape index (κ3) is 3.46. The molecule has 0 amide bonds. The van der Waals surface area contributed by atoms with Gasteiger partial charge in [0.15, 0.2) is 0 Å². The quantitative estimate of drug-likeness (QED) is 0.793. The number of aromatic nitrogens is 1. The van der Waals surface area contributed by atoms with E-state index in [2.05, 4.69) is 44.1 Å². The molecule has 0 aromatic carbocycles. The number of nitrogens with zero attached hydrogens (tertiary/aromatic N) is 1. The average molecular weight is 192 g/mol. The second-order valence-corrected chi connectivity index (χ2v) is 4.46. The fraction of sp³-hybridized carbons (Fsp3) is 0.583. The summed E-state index contributed by atoms with van der Waals surface area (Å²) in [6, 6.07) is 2.17. The van der Waals surface area contributed by atoms with Crippen LogP contribution in [0, 0.1) is 6.92 Å². The molecule has 1 heterocycles. The van der Waals surface area contributed by atoms with Gasteiger partial charge in [0.05, 0.1) is 0 Å². The molecule has 0 spiro atoms. The molecule has 0 bridgehead atoms. The van der Waals surface area contributed by atoms with Crippen LogP contribution in [0.15, 0.2) is 18.5 Å². The van der Waals surface area contributed by atoms with Crippen LogP contribution >= 0.6 is 0 Å². The minimum absolute atomic E-state index is 0.212. The van der Waals surface area contributed by atoms with Crippen LogP contribution < -0.4 is 5.32 Å². The van der Waals surface area contributed by atoms with Crippen LogP contribution in [-0.2, 0) is 6.54 Å². The lowest BCUT2D eigenvalue weighted by molar-refractivity contribution is 0.374. The van der Waals surface area contributed by atoms with E-state index in [1.807, 2.05) is 12.4 Å². The summed E-state index contributed by atoms with van der Waals surface area (Å²) < 4.78 is 0. The van der Waals surface area contributed by atoms with E-state index in [0.29, 0.717) is 0 Å². The number of hydrogen-bond acceptors (Lipinski definition) is 2. The van der Waals surface area contributed by atoms with Crippen LogP contribution in [0.1, 0.15) is 38.3 Å². The molecule has 1 rings (SSSR count). The van der Waals surface area contributed by atoms with Crippen molar-refractivity contribution in [1.82, 2.24) is 10.3 Å². The van der Waals surface area contributed by atoms with Gasteiger partial charge in [-0.2, -0.15) is 0 Å². The summed E-state index contributed by atoms with van der Waals surface area (Å²) >= 11 is 0. The largest absolute Gasteiger partial charge is 0.308 e. The molecule has 14 heavy (non-hydrogen) atoms. The third-order valence-corrected chi connectivity index (χ3v) is 2.59. The molecule has 0 fully saturated rings. The van der Waals surface area contributed by atoms with E-state index in [0.717, 1.165) is 13.0 Å². The highest BCUT2D eigenvalue weighted by atomic mass is 14.9. The molecule has 0 unspecified atom stereocenters. The van der Waals surface area contributed by atoms with Crippen molar-refractivity contribution in [2.75, 3.05) is 0 Å². The summed E-state index contributed by atoms with van der Waals surface area (Å²) in [6.07, 6.45) is 4.94. The molecule has 78 valence electrons. The molecule has 1 N–H and O–H groups in total. The molecule has 2 heteroatoms.